The van der Waals surface area contributed by atoms with E-state index < -0.39 is 17.2 Å². The maximum atomic E-state index is 13.2. The van der Waals surface area contributed by atoms with Crippen molar-refractivity contribution in [3.05, 3.63) is 101 Å². The van der Waals surface area contributed by atoms with E-state index in [2.05, 4.69) is 15.3 Å². The van der Waals surface area contributed by atoms with Crippen LogP contribution in [0.15, 0.2) is 57.6 Å². The molecule has 1 aromatic heterocycles. The third-order valence-electron chi connectivity index (χ3n) is 5.04. The summed E-state index contributed by atoms with van der Waals surface area (Å²) < 4.78 is 0. The van der Waals surface area contributed by atoms with Gasteiger partial charge in [0.2, 0.25) is 0 Å². The van der Waals surface area contributed by atoms with E-state index >= 15 is 0 Å². The summed E-state index contributed by atoms with van der Waals surface area (Å²) in [6.45, 7) is 0. The molecule has 0 radical (unpaired) electrons. The zero-order valence-corrected chi connectivity index (χ0v) is 15.6. The normalized spacial score (nSPS) is 17.1. The Morgan fingerprint density at radius 1 is 0.857 bits per heavy atom. The first-order valence-corrected chi connectivity index (χ1v) is 9.18. The molecule has 0 bridgehead atoms. The van der Waals surface area contributed by atoms with Crippen LogP contribution in [0, 0.1) is 0 Å². The number of H-pyrrole nitrogens is 2. The number of fused-ring (bicyclic) bond motifs is 3. The Bertz CT molecular complexity index is 1340. The Morgan fingerprint density at radius 2 is 1.61 bits per heavy atom. The van der Waals surface area contributed by atoms with Crippen LogP contribution in [0.4, 0.5) is 5.82 Å². The Labute approximate surface area is 167 Å². The number of carbonyl (C=O) groups excluding carboxylic acids is 1. The number of carbonyl (C=O) groups is 1. The Hall–Kier alpha value is -3.09. The van der Waals surface area contributed by atoms with Crippen LogP contribution in [-0.2, 0) is 0 Å². The van der Waals surface area contributed by atoms with Crippen molar-refractivity contribution in [2.24, 2.45) is 0 Å². The average Bonchev–Trinajstić information content (AvgIpc) is 2.95. The minimum atomic E-state index is -0.707. The fourth-order valence-corrected chi connectivity index (χ4v) is 4.18. The molecule has 3 N–H and O–H groups in total. The van der Waals surface area contributed by atoms with Crippen molar-refractivity contribution in [3.63, 3.8) is 0 Å². The molecule has 0 saturated heterocycles. The molecule has 1 aliphatic heterocycles. The highest BCUT2D eigenvalue weighted by molar-refractivity contribution is 6.42. The number of benzene rings is 2. The highest BCUT2D eigenvalue weighted by atomic mass is 35.5. The molecule has 0 unspecified atom stereocenters. The molecule has 1 atom stereocenters. The van der Waals surface area contributed by atoms with Crippen molar-refractivity contribution < 1.29 is 4.79 Å². The SMILES string of the molecule is O=C1C2=C(Nc3[nH]c(=O)[nH]c(=O)c3[C@@H]2c2ccc(Cl)c(Cl)c2)c2ccccc21. The van der Waals surface area contributed by atoms with Gasteiger partial charge in [0.1, 0.15) is 5.82 Å². The van der Waals surface area contributed by atoms with Crippen molar-refractivity contribution in [2.45, 2.75) is 5.92 Å². The van der Waals surface area contributed by atoms with Gasteiger partial charge in [0.05, 0.1) is 21.3 Å². The van der Waals surface area contributed by atoms with Crippen LogP contribution in [0.25, 0.3) is 5.70 Å². The van der Waals surface area contributed by atoms with Gasteiger partial charge < -0.3 is 5.32 Å². The lowest BCUT2D eigenvalue weighted by Crippen LogP contribution is -2.33. The van der Waals surface area contributed by atoms with Crippen molar-refractivity contribution in [3.8, 4) is 0 Å². The second-order valence-electron chi connectivity index (χ2n) is 6.59. The summed E-state index contributed by atoms with van der Waals surface area (Å²) in [6, 6.07) is 12.1. The monoisotopic (exact) mass is 411 g/mol. The van der Waals surface area contributed by atoms with Gasteiger partial charge in [-0.1, -0.05) is 53.5 Å². The number of hydrogen-bond donors (Lipinski definition) is 3. The van der Waals surface area contributed by atoms with Crippen molar-refractivity contribution in [2.75, 3.05) is 5.32 Å². The first kappa shape index (κ1) is 17.0. The second-order valence-corrected chi connectivity index (χ2v) is 7.41. The van der Waals surface area contributed by atoms with E-state index in [0.29, 0.717) is 32.4 Å². The van der Waals surface area contributed by atoms with Gasteiger partial charge in [0, 0.05) is 22.6 Å². The molecular weight excluding hydrogens is 401 g/mol. The van der Waals surface area contributed by atoms with Crippen LogP contribution >= 0.6 is 23.2 Å². The van der Waals surface area contributed by atoms with Gasteiger partial charge in [-0.25, -0.2) is 4.79 Å². The molecule has 0 saturated carbocycles. The van der Waals surface area contributed by atoms with Gasteiger partial charge in [0.15, 0.2) is 5.78 Å². The lowest BCUT2D eigenvalue weighted by molar-refractivity contribution is 0.103. The molecule has 1 aliphatic carbocycles. The molecule has 2 heterocycles. The van der Waals surface area contributed by atoms with E-state index in [4.69, 9.17) is 23.2 Å². The molecule has 2 aliphatic rings. The van der Waals surface area contributed by atoms with Crippen molar-refractivity contribution in [1.82, 2.24) is 9.97 Å². The number of hydrogen-bond acceptors (Lipinski definition) is 4. The Kier molecular flexibility index (Phi) is 3.62. The fourth-order valence-electron chi connectivity index (χ4n) is 3.88. The number of rotatable bonds is 1. The predicted octanol–water partition coefficient (Wildman–Crippen LogP) is 3.54. The summed E-state index contributed by atoms with van der Waals surface area (Å²) in [4.78, 5) is 42.6. The van der Waals surface area contributed by atoms with Gasteiger partial charge in [-0.3, -0.25) is 19.6 Å². The summed E-state index contributed by atoms with van der Waals surface area (Å²) in [7, 11) is 0. The van der Waals surface area contributed by atoms with E-state index in [-0.39, 0.29) is 17.2 Å². The number of nitrogens with one attached hydrogen (secondary N) is 3. The topological polar surface area (TPSA) is 94.8 Å². The number of halogens is 2. The van der Waals surface area contributed by atoms with Crippen LogP contribution in [0.3, 0.4) is 0 Å². The molecule has 138 valence electrons. The largest absolute Gasteiger partial charge is 0.340 e. The van der Waals surface area contributed by atoms with E-state index in [9.17, 15) is 14.4 Å². The predicted molar refractivity (Wildman–Crippen MR) is 107 cm³/mol. The number of Topliss-reactive ketones (excluding diaryl/α,β-unsaturated/α-hetero) is 1. The number of anilines is 1. The number of allylic oxidation sites excluding steroid dienone is 1. The summed E-state index contributed by atoms with van der Waals surface area (Å²) >= 11 is 12.2. The van der Waals surface area contributed by atoms with Gasteiger partial charge in [-0.2, -0.15) is 0 Å². The summed E-state index contributed by atoms with van der Waals surface area (Å²) in [5, 5.41) is 3.75. The van der Waals surface area contributed by atoms with Crippen LogP contribution in [-0.4, -0.2) is 15.8 Å². The van der Waals surface area contributed by atoms with Gasteiger partial charge >= 0.3 is 5.69 Å². The minimum absolute atomic E-state index is 0.176. The van der Waals surface area contributed by atoms with Gasteiger partial charge in [-0.05, 0) is 17.7 Å². The smallest absolute Gasteiger partial charge is 0.327 e. The molecule has 28 heavy (non-hydrogen) atoms. The molecule has 8 heteroatoms. The zero-order chi connectivity index (χ0) is 19.6. The standard InChI is InChI=1S/C20H11Cl2N3O3/c21-11-6-5-8(7-12(11)22)13-14-16(9-3-1-2-4-10(9)17(14)26)23-18-15(13)19(27)25-20(28)24-18/h1-7,13H,(H3,23,24,25,27,28)/t13-/m1/s1. The lowest BCUT2D eigenvalue weighted by Gasteiger charge is -2.27. The first-order valence-electron chi connectivity index (χ1n) is 8.42. The maximum Gasteiger partial charge on any atom is 0.327 e. The van der Waals surface area contributed by atoms with Crippen molar-refractivity contribution in [1.29, 1.82) is 0 Å². The van der Waals surface area contributed by atoms with Crippen LogP contribution < -0.4 is 16.6 Å². The van der Waals surface area contributed by atoms with Gasteiger partial charge in [0.25, 0.3) is 5.56 Å². The number of aromatic nitrogens is 2. The second kappa shape index (κ2) is 5.95. The fraction of sp³-hybridized carbons (Fsp3) is 0.0500. The molecule has 6 nitrogen and oxygen atoms in total. The Morgan fingerprint density at radius 3 is 2.36 bits per heavy atom. The van der Waals surface area contributed by atoms with E-state index in [1.807, 2.05) is 12.1 Å². The highest BCUT2D eigenvalue weighted by Gasteiger charge is 2.41. The molecule has 5 rings (SSSR count). The molecule has 0 amide bonds. The van der Waals surface area contributed by atoms with Gasteiger partial charge in [-0.15, -0.1) is 0 Å². The molecule has 3 aromatic rings. The first-order chi connectivity index (χ1) is 13.5. The van der Waals surface area contributed by atoms with E-state index in [1.54, 1.807) is 30.3 Å². The molecular formula is C20H11Cl2N3O3. The molecule has 0 spiro atoms. The van der Waals surface area contributed by atoms with Crippen molar-refractivity contribution >= 4 is 40.5 Å². The third-order valence-corrected chi connectivity index (χ3v) is 5.78. The Balaban J connectivity index is 1.85. The van der Waals surface area contributed by atoms with Crippen LogP contribution in [0.5, 0.6) is 0 Å². The quantitative estimate of drug-likeness (QED) is 0.570. The molecule has 0 fully saturated rings. The minimum Gasteiger partial charge on any atom is -0.340 e. The van der Waals surface area contributed by atoms with E-state index in [0.717, 1.165) is 5.56 Å². The number of ketones is 1. The molecule has 2 aromatic carbocycles. The lowest BCUT2D eigenvalue weighted by atomic mass is 9.82. The van der Waals surface area contributed by atoms with Crippen LogP contribution in [0.1, 0.15) is 33.0 Å². The van der Waals surface area contributed by atoms with Crippen LogP contribution in [0.2, 0.25) is 10.0 Å². The van der Waals surface area contributed by atoms with E-state index in [1.165, 1.54) is 0 Å². The summed E-state index contributed by atoms with van der Waals surface area (Å²) in [5.74, 6) is -0.625. The maximum absolute atomic E-state index is 13.2. The number of aromatic amines is 2. The summed E-state index contributed by atoms with van der Waals surface area (Å²) in [5.41, 5.74) is 1.94. The summed E-state index contributed by atoms with van der Waals surface area (Å²) in [6.07, 6.45) is 0. The third kappa shape index (κ3) is 2.32. The zero-order valence-electron chi connectivity index (χ0n) is 14.1. The average molecular weight is 412 g/mol. The highest BCUT2D eigenvalue weighted by Crippen LogP contribution is 2.47.